The Labute approximate surface area is 57.1 Å². The molecule has 1 aromatic heterocycles. The van der Waals surface area contributed by atoms with Gasteiger partial charge in [-0.25, -0.2) is 4.98 Å². The largest absolute Gasteiger partial charge is 0.503 e. The fourth-order valence-corrected chi connectivity index (χ4v) is 0.519. The highest BCUT2D eigenvalue weighted by Crippen LogP contribution is 2.19. The summed E-state index contributed by atoms with van der Waals surface area (Å²) in [6.45, 7) is 0.210. The maximum atomic E-state index is 9.75. The third kappa shape index (κ3) is 1.22. The molecule has 1 N–H and O–H groups in total. The lowest BCUT2D eigenvalue weighted by molar-refractivity contribution is -0.121. The van der Waals surface area contributed by atoms with Crippen LogP contribution in [0, 0.1) is 0 Å². The Morgan fingerprint density at radius 2 is 2.50 bits per heavy atom. The molecule has 0 spiro atoms. The van der Waals surface area contributed by atoms with Gasteiger partial charge in [0.2, 0.25) is 0 Å². The van der Waals surface area contributed by atoms with Gasteiger partial charge in [-0.05, 0) is 12.1 Å². The van der Waals surface area contributed by atoms with E-state index in [-0.39, 0.29) is 18.1 Å². The van der Waals surface area contributed by atoms with E-state index in [2.05, 4.69) is 9.72 Å². The van der Waals surface area contributed by atoms with Gasteiger partial charge in [0.1, 0.15) is 0 Å². The van der Waals surface area contributed by atoms with Crippen LogP contribution in [0.2, 0.25) is 0 Å². The van der Waals surface area contributed by atoms with Crippen molar-refractivity contribution in [3.05, 3.63) is 18.3 Å². The number of ether oxygens (including phenoxy) is 1. The molecular weight excluding hydrogens is 134 g/mol. The van der Waals surface area contributed by atoms with Crippen molar-refractivity contribution >= 4 is 6.47 Å². The topological polar surface area (TPSA) is 59.4 Å². The molecule has 0 saturated heterocycles. The van der Waals surface area contributed by atoms with E-state index in [1.54, 1.807) is 0 Å². The van der Waals surface area contributed by atoms with Crippen molar-refractivity contribution in [2.24, 2.45) is 0 Å². The molecule has 0 fully saturated rings. The van der Waals surface area contributed by atoms with Crippen molar-refractivity contribution < 1.29 is 14.6 Å². The Hall–Kier alpha value is -1.58. The molecule has 4 heteroatoms. The molecule has 0 unspecified atom stereocenters. The summed E-state index contributed by atoms with van der Waals surface area (Å²) in [5.74, 6) is -0.216. The number of rotatable bonds is 2. The van der Waals surface area contributed by atoms with E-state index in [4.69, 9.17) is 5.11 Å². The van der Waals surface area contributed by atoms with Crippen LogP contribution < -0.4 is 4.74 Å². The molecule has 52 valence electrons. The van der Waals surface area contributed by atoms with E-state index < -0.39 is 0 Å². The number of pyridine rings is 1. The van der Waals surface area contributed by atoms with Gasteiger partial charge in [-0.3, -0.25) is 4.79 Å². The minimum atomic E-state index is -0.144. The van der Waals surface area contributed by atoms with E-state index in [0.717, 1.165) is 0 Å². The summed E-state index contributed by atoms with van der Waals surface area (Å²) in [5, 5.41) is 8.90. The van der Waals surface area contributed by atoms with Crippen LogP contribution in [0.1, 0.15) is 0 Å². The highest BCUT2D eigenvalue weighted by atomic mass is 16.5. The van der Waals surface area contributed by atoms with Crippen LogP contribution in [0.5, 0.6) is 11.6 Å². The Morgan fingerprint density at radius 3 is 3.10 bits per heavy atom. The predicted octanol–water partition coefficient (Wildman–Crippen LogP) is 0.322. The second-order valence-corrected chi connectivity index (χ2v) is 1.54. The molecule has 0 bridgehead atoms. The molecule has 0 amide bonds. The molecule has 0 radical (unpaired) electrons. The van der Waals surface area contributed by atoms with Gasteiger partial charge in [0.15, 0.2) is 5.75 Å². The quantitative estimate of drug-likeness (QED) is 0.599. The van der Waals surface area contributed by atoms with Crippen molar-refractivity contribution in [3.63, 3.8) is 0 Å². The zero-order valence-electron chi connectivity index (χ0n) is 5.02. The lowest BCUT2D eigenvalue weighted by Crippen LogP contribution is -1.90. The van der Waals surface area contributed by atoms with Crippen LogP contribution in [0.15, 0.2) is 18.3 Å². The molecule has 1 aromatic rings. The number of aromatic hydroxyl groups is 1. The second kappa shape index (κ2) is 2.82. The molecule has 1 heterocycles. The molecule has 0 aliphatic rings. The van der Waals surface area contributed by atoms with Crippen molar-refractivity contribution in [1.82, 2.24) is 4.98 Å². The zero-order valence-corrected chi connectivity index (χ0v) is 5.02. The highest BCUT2D eigenvalue weighted by molar-refractivity contribution is 5.46. The van der Waals surface area contributed by atoms with Gasteiger partial charge in [0, 0.05) is 6.20 Å². The van der Waals surface area contributed by atoms with Gasteiger partial charge < -0.3 is 9.84 Å². The summed E-state index contributed by atoms with van der Waals surface area (Å²) in [6, 6.07) is 2.92. The Balaban J connectivity index is 2.91. The Bertz CT molecular complexity index is 236. The first-order chi connectivity index (χ1) is 4.84. The molecule has 1 rings (SSSR count). The normalized spacial score (nSPS) is 8.80. The molecule has 0 aliphatic heterocycles. The van der Waals surface area contributed by atoms with Crippen LogP contribution in [-0.4, -0.2) is 16.6 Å². The summed E-state index contributed by atoms with van der Waals surface area (Å²) in [6.07, 6.45) is 1.42. The fourth-order valence-electron chi connectivity index (χ4n) is 0.519. The van der Waals surface area contributed by atoms with Gasteiger partial charge in [0.05, 0.1) is 0 Å². The van der Waals surface area contributed by atoms with E-state index in [1.807, 2.05) is 0 Å². The van der Waals surface area contributed by atoms with Gasteiger partial charge in [-0.15, -0.1) is 0 Å². The monoisotopic (exact) mass is 139 g/mol. The smallest absolute Gasteiger partial charge is 0.299 e. The summed E-state index contributed by atoms with van der Waals surface area (Å²) >= 11 is 0. The maximum absolute atomic E-state index is 9.75. The minimum Gasteiger partial charge on any atom is -0.503 e. The number of carbonyl (C=O) groups excluding carboxylic acids is 1. The molecule has 0 aromatic carbocycles. The molecular formula is C6H5NO3. The molecule has 0 aliphatic carbocycles. The van der Waals surface area contributed by atoms with Gasteiger partial charge in [0.25, 0.3) is 12.4 Å². The highest BCUT2D eigenvalue weighted by Gasteiger charge is 1.98. The number of aromatic nitrogens is 1. The lowest BCUT2D eigenvalue weighted by atomic mass is 10.4. The zero-order chi connectivity index (χ0) is 7.40. The van der Waals surface area contributed by atoms with E-state index >= 15 is 0 Å². The number of carbonyl (C=O) groups is 1. The van der Waals surface area contributed by atoms with Crippen molar-refractivity contribution in [2.45, 2.75) is 0 Å². The summed E-state index contributed by atoms with van der Waals surface area (Å²) < 4.78 is 4.29. The van der Waals surface area contributed by atoms with E-state index in [1.165, 1.54) is 18.3 Å². The maximum Gasteiger partial charge on any atom is 0.299 e. The molecule has 4 nitrogen and oxygen atoms in total. The SMILES string of the molecule is O=COc1ncccc1O. The Kier molecular flexibility index (Phi) is 1.84. The molecule has 10 heavy (non-hydrogen) atoms. The Morgan fingerprint density at radius 1 is 1.70 bits per heavy atom. The molecule has 0 saturated carbocycles. The average molecular weight is 139 g/mol. The van der Waals surface area contributed by atoms with E-state index in [9.17, 15) is 4.79 Å². The molecule has 0 atom stereocenters. The van der Waals surface area contributed by atoms with Crippen molar-refractivity contribution in [2.75, 3.05) is 0 Å². The first-order valence-corrected chi connectivity index (χ1v) is 2.59. The standard InChI is InChI=1S/C6H5NO3/c8-4-10-6-5(9)2-1-3-7-6/h1-4,9H. The number of nitrogens with zero attached hydrogens (tertiary/aromatic N) is 1. The van der Waals surface area contributed by atoms with Crippen molar-refractivity contribution in [3.8, 4) is 11.6 Å². The average Bonchev–Trinajstić information content (AvgIpc) is 1.94. The van der Waals surface area contributed by atoms with Crippen LogP contribution in [-0.2, 0) is 4.79 Å². The summed E-state index contributed by atoms with van der Waals surface area (Å²) in [7, 11) is 0. The van der Waals surface area contributed by atoms with E-state index in [0.29, 0.717) is 0 Å². The van der Waals surface area contributed by atoms with Crippen LogP contribution >= 0.6 is 0 Å². The fraction of sp³-hybridized carbons (Fsp3) is 0. The van der Waals surface area contributed by atoms with Gasteiger partial charge in [-0.2, -0.15) is 0 Å². The first kappa shape index (κ1) is 6.54. The predicted molar refractivity (Wildman–Crippen MR) is 32.6 cm³/mol. The third-order valence-corrected chi connectivity index (χ3v) is 0.911. The van der Waals surface area contributed by atoms with Crippen LogP contribution in [0.25, 0.3) is 0 Å². The van der Waals surface area contributed by atoms with Crippen LogP contribution in [0.3, 0.4) is 0 Å². The van der Waals surface area contributed by atoms with Gasteiger partial charge >= 0.3 is 0 Å². The summed E-state index contributed by atoms with van der Waals surface area (Å²) in [4.78, 5) is 13.3. The number of hydrogen-bond donors (Lipinski definition) is 1. The van der Waals surface area contributed by atoms with Gasteiger partial charge in [-0.1, -0.05) is 0 Å². The second-order valence-electron chi connectivity index (χ2n) is 1.54. The lowest BCUT2D eigenvalue weighted by Gasteiger charge is -1.96. The van der Waals surface area contributed by atoms with Crippen LogP contribution in [0.4, 0.5) is 0 Å². The number of hydrogen-bond acceptors (Lipinski definition) is 4. The summed E-state index contributed by atoms with van der Waals surface area (Å²) in [5.41, 5.74) is 0. The first-order valence-electron chi connectivity index (χ1n) is 2.59. The van der Waals surface area contributed by atoms with Crippen molar-refractivity contribution in [1.29, 1.82) is 0 Å². The minimum absolute atomic E-state index is 0.0718. The third-order valence-electron chi connectivity index (χ3n) is 0.911.